The maximum Gasteiger partial charge on any atom is 0.131 e. The molecule has 0 aromatic carbocycles. The second-order valence-electron chi connectivity index (χ2n) is 5.79. The second kappa shape index (κ2) is 7.72. The van der Waals surface area contributed by atoms with Crippen LogP contribution in [0.3, 0.4) is 0 Å². The van der Waals surface area contributed by atoms with Crippen molar-refractivity contribution >= 4 is 0 Å². The van der Waals surface area contributed by atoms with Crippen LogP contribution in [0.2, 0.25) is 0 Å². The van der Waals surface area contributed by atoms with Crippen LogP contribution in [0.25, 0.3) is 0 Å². The number of hydrogen-bond acceptors (Lipinski definition) is 3. The fraction of sp³-hybridized carbons (Fsp3) is 0.765. The van der Waals surface area contributed by atoms with Crippen molar-refractivity contribution in [2.75, 3.05) is 13.1 Å². The standard InChI is InChI=1S/C17H29N3/c1-4-11-18-12-10-14-15(5-2)19-17(13-8-7-9-13)20-16(14)6-3/h13,18H,4-12H2,1-3H3. The average Bonchev–Trinajstić information content (AvgIpc) is 2.41. The molecule has 1 heterocycles. The van der Waals surface area contributed by atoms with Crippen molar-refractivity contribution in [3.8, 4) is 0 Å². The van der Waals surface area contributed by atoms with E-state index in [-0.39, 0.29) is 0 Å². The van der Waals surface area contributed by atoms with Gasteiger partial charge in [0.15, 0.2) is 0 Å². The number of nitrogens with zero attached hydrogens (tertiary/aromatic N) is 2. The highest BCUT2D eigenvalue weighted by molar-refractivity contribution is 5.28. The van der Waals surface area contributed by atoms with Crippen LogP contribution in [0.5, 0.6) is 0 Å². The number of aryl methyl sites for hydroxylation is 2. The van der Waals surface area contributed by atoms with Gasteiger partial charge < -0.3 is 5.32 Å². The molecule has 1 N–H and O–H groups in total. The summed E-state index contributed by atoms with van der Waals surface area (Å²) in [6.07, 6.45) is 8.22. The Bertz CT molecular complexity index is 399. The summed E-state index contributed by atoms with van der Waals surface area (Å²) in [4.78, 5) is 9.76. The van der Waals surface area contributed by atoms with Gasteiger partial charge in [0.05, 0.1) is 0 Å². The Morgan fingerprint density at radius 2 is 1.65 bits per heavy atom. The first-order valence-corrected chi connectivity index (χ1v) is 8.39. The second-order valence-corrected chi connectivity index (χ2v) is 5.79. The Labute approximate surface area is 123 Å². The minimum absolute atomic E-state index is 0.637. The van der Waals surface area contributed by atoms with Gasteiger partial charge in [0.25, 0.3) is 0 Å². The van der Waals surface area contributed by atoms with Gasteiger partial charge in [0.2, 0.25) is 0 Å². The predicted molar refractivity (Wildman–Crippen MR) is 84.2 cm³/mol. The first-order chi connectivity index (χ1) is 9.80. The highest BCUT2D eigenvalue weighted by Crippen LogP contribution is 2.35. The molecule has 1 aliphatic rings. The van der Waals surface area contributed by atoms with Crippen LogP contribution in [0, 0.1) is 0 Å². The zero-order valence-corrected chi connectivity index (χ0v) is 13.3. The third-order valence-corrected chi connectivity index (χ3v) is 4.31. The molecule has 1 aliphatic carbocycles. The van der Waals surface area contributed by atoms with Crippen LogP contribution >= 0.6 is 0 Å². The molecule has 2 rings (SSSR count). The van der Waals surface area contributed by atoms with Crippen molar-refractivity contribution in [3.05, 3.63) is 22.8 Å². The van der Waals surface area contributed by atoms with E-state index < -0.39 is 0 Å². The highest BCUT2D eigenvalue weighted by Gasteiger charge is 2.24. The number of aromatic nitrogens is 2. The molecule has 0 spiro atoms. The predicted octanol–water partition coefficient (Wildman–Crippen LogP) is 3.41. The van der Waals surface area contributed by atoms with Crippen LogP contribution < -0.4 is 5.32 Å². The van der Waals surface area contributed by atoms with E-state index in [2.05, 4.69) is 26.1 Å². The lowest BCUT2D eigenvalue weighted by Gasteiger charge is -2.25. The molecule has 0 unspecified atom stereocenters. The molecule has 3 heteroatoms. The van der Waals surface area contributed by atoms with Crippen molar-refractivity contribution in [1.29, 1.82) is 0 Å². The summed E-state index contributed by atoms with van der Waals surface area (Å²) < 4.78 is 0. The molecule has 0 saturated heterocycles. The largest absolute Gasteiger partial charge is 0.316 e. The third kappa shape index (κ3) is 3.57. The van der Waals surface area contributed by atoms with E-state index in [1.54, 1.807) is 0 Å². The van der Waals surface area contributed by atoms with Gasteiger partial charge in [-0.1, -0.05) is 27.2 Å². The quantitative estimate of drug-likeness (QED) is 0.739. The molecule has 0 amide bonds. The Hall–Kier alpha value is -0.960. The van der Waals surface area contributed by atoms with E-state index in [0.29, 0.717) is 5.92 Å². The number of hydrogen-bond donors (Lipinski definition) is 1. The third-order valence-electron chi connectivity index (χ3n) is 4.31. The number of rotatable bonds is 8. The lowest BCUT2D eigenvalue weighted by molar-refractivity contribution is 0.398. The van der Waals surface area contributed by atoms with Crippen molar-refractivity contribution in [3.63, 3.8) is 0 Å². The molecule has 3 nitrogen and oxygen atoms in total. The van der Waals surface area contributed by atoms with Crippen molar-refractivity contribution in [2.45, 2.75) is 71.6 Å². The summed E-state index contributed by atoms with van der Waals surface area (Å²) in [7, 11) is 0. The SMILES string of the molecule is CCCNCCc1c(CC)nc(C2CCC2)nc1CC. The van der Waals surface area contributed by atoms with Gasteiger partial charge in [-0.15, -0.1) is 0 Å². The zero-order chi connectivity index (χ0) is 14.4. The van der Waals surface area contributed by atoms with E-state index in [4.69, 9.17) is 9.97 Å². The topological polar surface area (TPSA) is 37.8 Å². The summed E-state index contributed by atoms with van der Waals surface area (Å²) >= 11 is 0. The zero-order valence-electron chi connectivity index (χ0n) is 13.3. The van der Waals surface area contributed by atoms with Gasteiger partial charge in [-0.2, -0.15) is 0 Å². The molecule has 0 radical (unpaired) electrons. The lowest BCUT2D eigenvalue weighted by atomic mass is 9.84. The molecule has 0 bridgehead atoms. The van der Waals surface area contributed by atoms with E-state index in [1.807, 2.05) is 0 Å². The molecule has 112 valence electrons. The highest BCUT2D eigenvalue weighted by atomic mass is 14.9. The average molecular weight is 275 g/mol. The number of nitrogens with one attached hydrogen (secondary N) is 1. The monoisotopic (exact) mass is 275 g/mol. The summed E-state index contributed by atoms with van der Waals surface area (Å²) in [5.41, 5.74) is 3.98. The van der Waals surface area contributed by atoms with E-state index in [0.717, 1.165) is 38.2 Å². The maximum absolute atomic E-state index is 4.88. The summed E-state index contributed by atoms with van der Waals surface area (Å²) in [6, 6.07) is 0. The fourth-order valence-electron chi connectivity index (χ4n) is 2.84. The van der Waals surface area contributed by atoms with Gasteiger partial charge in [0.1, 0.15) is 5.82 Å². The molecule has 1 aromatic heterocycles. The molecule has 0 atom stereocenters. The molecule has 1 fully saturated rings. The lowest BCUT2D eigenvalue weighted by Crippen LogP contribution is -2.21. The van der Waals surface area contributed by atoms with E-state index in [9.17, 15) is 0 Å². The Morgan fingerprint density at radius 1 is 1.00 bits per heavy atom. The minimum atomic E-state index is 0.637. The Balaban J connectivity index is 2.15. The Morgan fingerprint density at radius 3 is 2.10 bits per heavy atom. The molecular formula is C17H29N3. The molecule has 1 saturated carbocycles. The minimum Gasteiger partial charge on any atom is -0.316 e. The van der Waals surface area contributed by atoms with Crippen molar-refractivity contribution in [2.24, 2.45) is 0 Å². The van der Waals surface area contributed by atoms with Gasteiger partial charge in [-0.3, -0.25) is 0 Å². The summed E-state index contributed by atoms with van der Waals surface area (Å²) in [5.74, 6) is 1.76. The first kappa shape index (κ1) is 15.4. The molecule has 20 heavy (non-hydrogen) atoms. The van der Waals surface area contributed by atoms with Crippen LogP contribution in [-0.2, 0) is 19.3 Å². The normalized spacial score (nSPS) is 15.3. The van der Waals surface area contributed by atoms with E-state index >= 15 is 0 Å². The van der Waals surface area contributed by atoms with Crippen LogP contribution in [0.15, 0.2) is 0 Å². The Kier molecular flexibility index (Phi) is 5.96. The molecule has 1 aromatic rings. The maximum atomic E-state index is 4.88. The van der Waals surface area contributed by atoms with Crippen LogP contribution in [0.4, 0.5) is 0 Å². The smallest absolute Gasteiger partial charge is 0.131 e. The summed E-state index contributed by atoms with van der Waals surface area (Å²) in [5, 5.41) is 3.49. The molecular weight excluding hydrogens is 246 g/mol. The van der Waals surface area contributed by atoms with Crippen molar-refractivity contribution < 1.29 is 0 Å². The summed E-state index contributed by atoms with van der Waals surface area (Å²) in [6.45, 7) is 8.78. The van der Waals surface area contributed by atoms with E-state index in [1.165, 1.54) is 42.6 Å². The van der Waals surface area contributed by atoms with Gasteiger partial charge in [-0.25, -0.2) is 9.97 Å². The fourth-order valence-corrected chi connectivity index (χ4v) is 2.84. The van der Waals surface area contributed by atoms with Gasteiger partial charge in [-0.05, 0) is 57.2 Å². The van der Waals surface area contributed by atoms with Gasteiger partial charge in [0, 0.05) is 17.3 Å². The van der Waals surface area contributed by atoms with Crippen molar-refractivity contribution in [1.82, 2.24) is 15.3 Å². The molecule has 0 aliphatic heterocycles. The first-order valence-electron chi connectivity index (χ1n) is 8.39. The van der Waals surface area contributed by atoms with Crippen LogP contribution in [-0.4, -0.2) is 23.1 Å². The van der Waals surface area contributed by atoms with Crippen LogP contribution in [0.1, 0.15) is 75.1 Å². The van der Waals surface area contributed by atoms with Gasteiger partial charge >= 0.3 is 0 Å².